The highest BCUT2D eigenvalue weighted by molar-refractivity contribution is 6.21. The molecule has 11 aromatic rings. The molecule has 1 aromatic heterocycles. The zero-order valence-corrected chi connectivity index (χ0v) is 33.2. The lowest BCUT2D eigenvalue weighted by molar-refractivity contribution is 0.665. The molecule has 1 aliphatic rings. The quantitative estimate of drug-likeness (QED) is 0.126. The Balaban J connectivity index is 0.000000980. The van der Waals surface area contributed by atoms with Gasteiger partial charge in [0.25, 0.3) is 0 Å². The number of hydrogen-bond acceptors (Lipinski definition) is 1. The van der Waals surface area contributed by atoms with E-state index in [2.05, 4.69) is 201 Å². The molecular formula is C59H40O. The molecule has 0 saturated carbocycles. The Labute approximate surface area is 349 Å². The molecule has 0 radical (unpaired) electrons. The van der Waals surface area contributed by atoms with Crippen molar-refractivity contribution < 1.29 is 4.42 Å². The molecule has 0 N–H and O–H groups in total. The van der Waals surface area contributed by atoms with Gasteiger partial charge < -0.3 is 4.42 Å². The van der Waals surface area contributed by atoms with E-state index in [-0.39, 0.29) is 0 Å². The van der Waals surface area contributed by atoms with Gasteiger partial charge in [-0.3, -0.25) is 0 Å². The van der Waals surface area contributed by atoms with Gasteiger partial charge in [-0.25, -0.2) is 0 Å². The Morgan fingerprint density at radius 3 is 1.52 bits per heavy atom. The van der Waals surface area contributed by atoms with Crippen molar-refractivity contribution in [3.05, 3.63) is 231 Å². The maximum absolute atomic E-state index is 6.45. The molecule has 0 bridgehead atoms. The van der Waals surface area contributed by atoms with Gasteiger partial charge in [-0.2, -0.15) is 0 Å². The third-order valence-electron chi connectivity index (χ3n) is 12.2. The van der Waals surface area contributed by atoms with Crippen LogP contribution in [0.2, 0.25) is 0 Å². The average molecular weight is 765 g/mol. The standard InChI is InChI=1S/C55H34O.C4H6/c1-2-12-35-29-38(24-23-34(35)11-1)36-13-9-15-41(30-36)53-45-18-3-5-20-47(45)54(48-21-6-4-19-46(48)53)42-16-10-14-37(31-42)39-25-26-40-33-51-43(50(40)32-39)27-28-49-44-17-7-8-22-52(44)56-55(49)51;1-3-4-2/h1-32H,33H2;3-4H,1-2H2. The van der Waals surface area contributed by atoms with Gasteiger partial charge in [0.1, 0.15) is 11.2 Å². The minimum atomic E-state index is 0.887. The van der Waals surface area contributed by atoms with E-state index in [0.29, 0.717) is 0 Å². The zero-order chi connectivity index (χ0) is 40.2. The average Bonchev–Trinajstić information content (AvgIpc) is 3.89. The molecule has 60 heavy (non-hydrogen) atoms. The molecule has 0 spiro atoms. The van der Waals surface area contributed by atoms with Crippen molar-refractivity contribution in [2.45, 2.75) is 6.42 Å². The van der Waals surface area contributed by atoms with Crippen molar-refractivity contribution in [2.24, 2.45) is 0 Å². The normalized spacial score (nSPS) is 11.7. The van der Waals surface area contributed by atoms with Crippen LogP contribution in [-0.2, 0) is 6.42 Å². The summed E-state index contributed by atoms with van der Waals surface area (Å²) in [7, 11) is 0. The van der Waals surface area contributed by atoms with Crippen LogP contribution in [0.4, 0.5) is 0 Å². The van der Waals surface area contributed by atoms with E-state index in [9.17, 15) is 0 Å². The van der Waals surface area contributed by atoms with Gasteiger partial charge >= 0.3 is 0 Å². The molecule has 0 atom stereocenters. The summed E-state index contributed by atoms with van der Waals surface area (Å²) in [6, 6.07) is 71.3. The lowest BCUT2D eigenvalue weighted by Crippen LogP contribution is -1.91. The van der Waals surface area contributed by atoms with Crippen molar-refractivity contribution >= 4 is 54.3 Å². The number of furan rings is 1. The van der Waals surface area contributed by atoms with E-state index in [1.54, 1.807) is 12.2 Å². The van der Waals surface area contributed by atoms with E-state index >= 15 is 0 Å². The van der Waals surface area contributed by atoms with Crippen molar-refractivity contribution in [3.8, 4) is 55.6 Å². The molecule has 1 aliphatic carbocycles. The lowest BCUT2D eigenvalue weighted by atomic mass is 9.85. The van der Waals surface area contributed by atoms with E-state index in [1.807, 2.05) is 6.07 Å². The largest absolute Gasteiger partial charge is 0.456 e. The van der Waals surface area contributed by atoms with Crippen LogP contribution in [0.15, 0.2) is 224 Å². The predicted octanol–water partition coefficient (Wildman–Crippen LogP) is 16.6. The first-order valence-electron chi connectivity index (χ1n) is 20.6. The molecule has 12 rings (SSSR count). The Hall–Kier alpha value is -7.74. The summed E-state index contributed by atoms with van der Waals surface area (Å²) in [5, 5.41) is 9.92. The monoisotopic (exact) mass is 764 g/mol. The predicted molar refractivity (Wildman–Crippen MR) is 257 cm³/mol. The Bertz CT molecular complexity index is 3440. The highest BCUT2D eigenvalue weighted by atomic mass is 16.3. The van der Waals surface area contributed by atoms with Crippen molar-refractivity contribution in [1.82, 2.24) is 0 Å². The SMILES string of the molecule is C=CC=C.c1cc(-c2ccc3c(c2)-c2ccc4c(oc5ccccc54)c2C3)cc(-c2c3ccccc3c(-c3cccc(-c4ccc5ccccc5c4)c3)c3ccccc23)c1. The number of fused-ring (bicyclic) bond motifs is 10. The second-order valence-corrected chi connectivity index (χ2v) is 15.7. The van der Waals surface area contributed by atoms with Gasteiger partial charge in [-0.1, -0.05) is 183 Å². The van der Waals surface area contributed by atoms with Gasteiger partial charge in [-0.15, -0.1) is 0 Å². The van der Waals surface area contributed by atoms with E-state index in [1.165, 1.54) is 110 Å². The summed E-state index contributed by atoms with van der Waals surface area (Å²) in [5.41, 5.74) is 17.1. The van der Waals surface area contributed by atoms with Crippen LogP contribution < -0.4 is 0 Å². The number of hydrogen-bond donors (Lipinski definition) is 0. The molecule has 0 fully saturated rings. The van der Waals surface area contributed by atoms with Crippen molar-refractivity contribution in [2.75, 3.05) is 0 Å². The van der Waals surface area contributed by atoms with E-state index in [4.69, 9.17) is 4.42 Å². The molecule has 0 saturated heterocycles. The van der Waals surface area contributed by atoms with Gasteiger partial charge in [-0.05, 0) is 130 Å². The highest BCUT2D eigenvalue weighted by Gasteiger charge is 2.24. The van der Waals surface area contributed by atoms with Crippen LogP contribution in [0.5, 0.6) is 0 Å². The molecule has 0 unspecified atom stereocenters. The number of para-hydroxylation sites is 1. The Morgan fingerprint density at radius 1 is 0.367 bits per heavy atom. The summed E-state index contributed by atoms with van der Waals surface area (Å²) in [6.07, 6.45) is 4.16. The lowest BCUT2D eigenvalue weighted by Gasteiger charge is -2.19. The summed E-state index contributed by atoms with van der Waals surface area (Å²) < 4.78 is 6.45. The molecule has 0 amide bonds. The van der Waals surface area contributed by atoms with Gasteiger partial charge in [0.05, 0.1) is 0 Å². The second-order valence-electron chi connectivity index (χ2n) is 15.7. The van der Waals surface area contributed by atoms with Crippen LogP contribution in [0.25, 0.3) is 110 Å². The first-order chi connectivity index (χ1) is 29.7. The molecule has 10 aromatic carbocycles. The van der Waals surface area contributed by atoms with Crippen molar-refractivity contribution in [1.29, 1.82) is 0 Å². The molecule has 1 heterocycles. The maximum Gasteiger partial charge on any atom is 0.139 e. The summed E-state index contributed by atoms with van der Waals surface area (Å²) in [5.74, 6) is 0. The van der Waals surface area contributed by atoms with Crippen molar-refractivity contribution in [3.63, 3.8) is 0 Å². The minimum absolute atomic E-state index is 0.887. The highest BCUT2D eigenvalue weighted by Crippen LogP contribution is 2.47. The van der Waals surface area contributed by atoms with Crippen LogP contribution in [0.1, 0.15) is 11.1 Å². The van der Waals surface area contributed by atoms with Crippen LogP contribution in [-0.4, -0.2) is 0 Å². The molecule has 1 heteroatoms. The number of allylic oxidation sites excluding steroid dienone is 2. The fourth-order valence-corrected chi connectivity index (χ4v) is 9.45. The second kappa shape index (κ2) is 14.6. The van der Waals surface area contributed by atoms with Crippen LogP contribution in [0.3, 0.4) is 0 Å². The first kappa shape index (κ1) is 35.4. The maximum atomic E-state index is 6.45. The molecule has 1 nitrogen and oxygen atoms in total. The van der Waals surface area contributed by atoms with Gasteiger partial charge in [0.2, 0.25) is 0 Å². The molecule has 282 valence electrons. The number of benzene rings is 10. The van der Waals surface area contributed by atoms with Gasteiger partial charge in [0, 0.05) is 22.8 Å². The molecular weight excluding hydrogens is 725 g/mol. The third-order valence-corrected chi connectivity index (χ3v) is 12.2. The van der Waals surface area contributed by atoms with Crippen LogP contribution >= 0.6 is 0 Å². The zero-order valence-electron chi connectivity index (χ0n) is 33.2. The smallest absolute Gasteiger partial charge is 0.139 e. The summed E-state index contributed by atoms with van der Waals surface area (Å²) >= 11 is 0. The Morgan fingerprint density at radius 2 is 0.883 bits per heavy atom. The number of rotatable bonds is 5. The minimum Gasteiger partial charge on any atom is -0.456 e. The fraction of sp³-hybridized carbons (Fsp3) is 0.0169. The third kappa shape index (κ3) is 5.86. The van der Waals surface area contributed by atoms with Crippen LogP contribution in [0, 0.1) is 0 Å². The summed E-state index contributed by atoms with van der Waals surface area (Å²) in [4.78, 5) is 0. The molecule has 0 aliphatic heterocycles. The van der Waals surface area contributed by atoms with E-state index < -0.39 is 0 Å². The fourth-order valence-electron chi connectivity index (χ4n) is 9.45. The Kier molecular flexibility index (Phi) is 8.60. The topological polar surface area (TPSA) is 13.1 Å². The first-order valence-corrected chi connectivity index (χ1v) is 20.6. The summed E-state index contributed by atoms with van der Waals surface area (Å²) in [6.45, 7) is 6.72. The van der Waals surface area contributed by atoms with E-state index in [0.717, 1.165) is 17.6 Å². The van der Waals surface area contributed by atoms with Gasteiger partial charge in [0.15, 0.2) is 0 Å².